The van der Waals surface area contributed by atoms with Crippen LogP contribution in [0, 0.1) is 0 Å². The van der Waals surface area contributed by atoms with Crippen LogP contribution in [0.3, 0.4) is 0 Å². The normalized spacial score (nSPS) is 13.0. The predicted octanol–water partition coefficient (Wildman–Crippen LogP) is 2.96. The molecule has 0 radical (unpaired) electrons. The first-order valence-corrected chi connectivity index (χ1v) is 9.82. The molecule has 0 aliphatic rings. The molecule has 140 valence electrons. The van der Waals surface area contributed by atoms with Gasteiger partial charge in [0.1, 0.15) is 6.61 Å². The quantitative estimate of drug-likeness (QED) is 0.228. The standard InChI is InChI=1S/C17H25O7P/c1-3-22-17(18)23-14-12-20-10-11-21-13-15-24-25(19,4-2)16-8-6-5-7-9-16/h3,5-9H,1,4,10-15H2,2H3. The van der Waals surface area contributed by atoms with Gasteiger partial charge in [0.25, 0.3) is 0 Å². The zero-order chi connectivity index (χ0) is 18.4. The molecule has 0 N–H and O–H groups in total. The van der Waals surface area contributed by atoms with Crippen molar-refractivity contribution < 1.29 is 32.8 Å². The van der Waals surface area contributed by atoms with Gasteiger partial charge in [0.2, 0.25) is 7.37 Å². The van der Waals surface area contributed by atoms with Crippen LogP contribution in [0.25, 0.3) is 0 Å². The molecule has 0 aliphatic heterocycles. The molecule has 25 heavy (non-hydrogen) atoms. The van der Waals surface area contributed by atoms with E-state index in [2.05, 4.69) is 16.1 Å². The van der Waals surface area contributed by atoms with Crippen molar-refractivity contribution in [3.63, 3.8) is 0 Å². The molecule has 0 bridgehead atoms. The minimum absolute atomic E-state index is 0.0898. The molecule has 0 heterocycles. The third kappa shape index (κ3) is 8.84. The molecule has 8 heteroatoms. The summed E-state index contributed by atoms with van der Waals surface area (Å²) in [6.45, 7) is 6.69. The lowest BCUT2D eigenvalue weighted by molar-refractivity contribution is 0.0126. The lowest BCUT2D eigenvalue weighted by Gasteiger charge is -2.17. The van der Waals surface area contributed by atoms with E-state index < -0.39 is 13.5 Å². The van der Waals surface area contributed by atoms with Gasteiger partial charge < -0.3 is 23.5 Å². The van der Waals surface area contributed by atoms with Crippen LogP contribution in [0.4, 0.5) is 4.79 Å². The molecule has 0 amide bonds. The Morgan fingerprint density at radius 3 is 2.24 bits per heavy atom. The summed E-state index contributed by atoms with van der Waals surface area (Å²) < 4.78 is 37.9. The summed E-state index contributed by atoms with van der Waals surface area (Å²) in [5, 5.41) is 0.718. The molecular weight excluding hydrogens is 347 g/mol. The summed E-state index contributed by atoms with van der Waals surface area (Å²) in [5.74, 6) is 0. The average Bonchev–Trinajstić information content (AvgIpc) is 2.64. The highest BCUT2D eigenvalue weighted by Crippen LogP contribution is 2.44. The van der Waals surface area contributed by atoms with Crippen molar-refractivity contribution in [1.29, 1.82) is 0 Å². The molecule has 1 atom stereocenters. The fourth-order valence-corrected chi connectivity index (χ4v) is 3.55. The number of rotatable bonds is 13. The van der Waals surface area contributed by atoms with Crippen molar-refractivity contribution in [3.05, 3.63) is 43.2 Å². The van der Waals surface area contributed by atoms with E-state index in [1.807, 2.05) is 37.3 Å². The lowest BCUT2D eigenvalue weighted by atomic mass is 10.4. The zero-order valence-electron chi connectivity index (χ0n) is 14.4. The van der Waals surface area contributed by atoms with E-state index in [9.17, 15) is 9.36 Å². The zero-order valence-corrected chi connectivity index (χ0v) is 15.3. The topological polar surface area (TPSA) is 80.3 Å². The largest absolute Gasteiger partial charge is 0.513 e. The summed E-state index contributed by atoms with van der Waals surface area (Å²) >= 11 is 0. The van der Waals surface area contributed by atoms with Crippen molar-refractivity contribution >= 4 is 18.8 Å². The van der Waals surface area contributed by atoms with Gasteiger partial charge in [0.05, 0.1) is 39.3 Å². The van der Waals surface area contributed by atoms with E-state index in [1.165, 1.54) is 0 Å². The fraction of sp³-hybridized carbons (Fsp3) is 0.471. The van der Waals surface area contributed by atoms with Gasteiger partial charge in [-0.3, -0.25) is 4.57 Å². The van der Waals surface area contributed by atoms with Crippen LogP contribution in [0.15, 0.2) is 43.2 Å². The van der Waals surface area contributed by atoms with Crippen molar-refractivity contribution in [1.82, 2.24) is 0 Å². The molecule has 7 nitrogen and oxygen atoms in total. The number of carbonyl (C=O) groups is 1. The van der Waals surface area contributed by atoms with Crippen molar-refractivity contribution in [2.75, 3.05) is 45.8 Å². The van der Waals surface area contributed by atoms with Gasteiger partial charge in [-0.2, -0.15) is 0 Å². The number of benzene rings is 1. The van der Waals surface area contributed by atoms with Crippen molar-refractivity contribution in [2.24, 2.45) is 0 Å². The van der Waals surface area contributed by atoms with E-state index in [4.69, 9.17) is 14.0 Å². The number of ether oxygens (including phenoxy) is 4. The predicted molar refractivity (Wildman–Crippen MR) is 94.4 cm³/mol. The summed E-state index contributed by atoms with van der Waals surface area (Å²) in [5.41, 5.74) is 0. The van der Waals surface area contributed by atoms with Crippen LogP contribution in [-0.4, -0.2) is 52.0 Å². The summed E-state index contributed by atoms with van der Waals surface area (Å²) in [7, 11) is -2.82. The van der Waals surface area contributed by atoms with Crippen LogP contribution in [0.1, 0.15) is 6.92 Å². The van der Waals surface area contributed by atoms with E-state index >= 15 is 0 Å². The van der Waals surface area contributed by atoms with E-state index in [1.54, 1.807) is 0 Å². The van der Waals surface area contributed by atoms with Crippen molar-refractivity contribution in [2.45, 2.75) is 6.92 Å². The Hall–Kier alpha value is -1.66. The highest BCUT2D eigenvalue weighted by atomic mass is 31.2. The van der Waals surface area contributed by atoms with Crippen molar-refractivity contribution in [3.8, 4) is 0 Å². The summed E-state index contributed by atoms with van der Waals surface area (Å²) in [4.78, 5) is 10.8. The first kappa shape index (κ1) is 21.4. The van der Waals surface area contributed by atoms with Crippen LogP contribution >= 0.6 is 7.37 Å². The lowest BCUT2D eigenvalue weighted by Crippen LogP contribution is -2.15. The molecule has 0 fully saturated rings. The molecule has 0 spiro atoms. The van der Waals surface area contributed by atoms with Crippen LogP contribution in [-0.2, 0) is 28.0 Å². The highest BCUT2D eigenvalue weighted by Gasteiger charge is 2.22. The van der Waals surface area contributed by atoms with E-state index in [0.29, 0.717) is 26.0 Å². The molecule has 1 unspecified atom stereocenters. The van der Waals surface area contributed by atoms with Crippen LogP contribution < -0.4 is 5.30 Å². The smallest absolute Gasteiger partial charge is 0.432 e. The minimum atomic E-state index is -2.82. The third-order valence-electron chi connectivity index (χ3n) is 3.09. The summed E-state index contributed by atoms with van der Waals surface area (Å²) in [6.07, 6.45) is 0.619. The second kappa shape index (κ2) is 12.7. The minimum Gasteiger partial charge on any atom is -0.432 e. The van der Waals surface area contributed by atoms with Gasteiger partial charge in [-0.1, -0.05) is 31.7 Å². The monoisotopic (exact) mass is 372 g/mol. The molecule has 1 aromatic rings. The molecule has 1 aromatic carbocycles. The Labute approximate surface area is 148 Å². The Balaban J connectivity index is 2.05. The Morgan fingerprint density at radius 1 is 1.04 bits per heavy atom. The van der Waals surface area contributed by atoms with Gasteiger partial charge in [0, 0.05) is 11.5 Å². The maximum absolute atomic E-state index is 12.7. The first-order chi connectivity index (χ1) is 12.1. The maximum atomic E-state index is 12.7. The molecule has 0 aromatic heterocycles. The van der Waals surface area contributed by atoms with Crippen LogP contribution in [0.2, 0.25) is 0 Å². The average molecular weight is 372 g/mol. The SMILES string of the molecule is C=COC(=O)OCCOCCOCCOP(=O)(CC)c1ccccc1. The molecule has 0 saturated heterocycles. The van der Waals surface area contributed by atoms with Crippen LogP contribution in [0.5, 0.6) is 0 Å². The van der Waals surface area contributed by atoms with Gasteiger partial charge in [0.15, 0.2) is 0 Å². The molecule has 1 rings (SSSR count). The van der Waals surface area contributed by atoms with E-state index in [-0.39, 0.29) is 19.8 Å². The Bertz CT molecular complexity index is 547. The number of carbonyl (C=O) groups excluding carboxylic acids is 1. The van der Waals surface area contributed by atoms with Gasteiger partial charge in [-0.15, -0.1) is 0 Å². The third-order valence-corrected chi connectivity index (χ3v) is 5.61. The Kier molecular flexibility index (Phi) is 10.8. The van der Waals surface area contributed by atoms with Gasteiger partial charge in [-0.25, -0.2) is 4.79 Å². The maximum Gasteiger partial charge on any atom is 0.513 e. The van der Waals surface area contributed by atoms with E-state index in [0.717, 1.165) is 11.6 Å². The second-order valence-electron chi connectivity index (χ2n) is 4.77. The first-order valence-electron chi connectivity index (χ1n) is 8.01. The second-order valence-corrected chi connectivity index (χ2v) is 7.52. The number of hydrogen-bond donors (Lipinski definition) is 0. The molecular formula is C17H25O7P. The highest BCUT2D eigenvalue weighted by molar-refractivity contribution is 7.66. The molecule has 0 aliphatic carbocycles. The fourth-order valence-electron chi connectivity index (χ4n) is 1.86. The van der Waals surface area contributed by atoms with Gasteiger partial charge >= 0.3 is 6.16 Å². The Morgan fingerprint density at radius 2 is 1.64 bits per heavy atom. The van der Waals surface area contributed by atoms with Gasteiger partial charge in [-0.05, 0) is 12.1 Å². The molecule has 0 saturated carbocycles. The number of hydrogen-bond acceptors (Lipinski definition) is 7. The summed E-state index contributed by atoms with van der Waals surface area (Å²) in [6, 6.07) is 9.18.